The molecule has 3 heteroatoms. The predicted octanol–water partition coefficient (Wildman–Crippen LogP) is 2.32. The first-order valence-electron chi connectivity index (χ1n) is 8.79. The summed E-state index contributed by atoms with van der Waals surface area (Å²) < 4.78 is 0. The number of hydrogen-bond donors (Lipinski definition) is 1. The number of rotatable bonds is 6. The number of nitrogens with zero attached hydrogens (tertiary/aromatic N) is 2. The standard InChI is InChI=1S/C17H33N3/c1-19(2)16-6-5-11-20(12-16)14-17(9-3-4-10-17)13-18-15-7-8-15/h15-16,18H,3-14H2,1-2H3. The van der Waals surface area contributed by atoms with Gasteiger partial charge in [-0.15, -0.1) is 0 Å². The number of hydrogen-bond acceptors (Lipinski definition) is 3. The van der Waals surface area contributed by atoms with Gasteiger partial charge in [-0.2, -0.15) is 0 Å². The lowest BCUT2D eigenvalue weighted by molar-refractivity contribution is 0.0846. The molecule has 0 aromatic heterocycles. The van der Waals surface area contributed by atoms with Gasteiger partial charge in [0.05, 0.1) is 0 Å². The zero-order chi connectivity index (χ0) is 14.0. The van der Waals surface area contributed by atoms with Crippen molar-refractivity contribution in [3.63, 3.8) is 0 Å². The first-order valence-corrected chi connectivity index (χ1v) is 8.79. The molecule has 0 aromatic rings. The largest absolute Gasteiger partial charge is 0.313 e. The van der Waals surface area contributed by atoms with Gasteiger partial charge in [0, 0.05) is 31.7 Å². The fourth-order valence-corrected chi connectivity index (χ4v) is 4.23. The molecule has 1 saturated heterocycles. The molecule has 1 heterocycles. The second-order valence-electron chi connectivity index (χ2n) is 7.86. The molecule has 3 nitrogen and oxygen atoms in total. The van der Waals surface area contributed by atoms with Crippen LogP contribution in [0.15, 0.2) is 0 Å². The van der Waals surface area contributed by atoms with Gasteiger partial charge in [0.2, 0.25) is 0 Å². The predicted molar refractivity (Wildman–Crippen MR) is 85.1 cm³/mol. The van der Waals surface area contributed by atoms with Gasteiger partial charge in [0.1, 0.15) is 0 Å². The second-order valence-corrected chi connectivity index (χ2v) is 7.86. The maximum absolute atomic E-state index is 3.83. The Morgan fingerprint density at radius 2 is 1.85 bits per heavy atom. The summed E-state index contributed by atoms with van der Waals surface area (Å²) >= 11 is 0. The molecule has 1 unspecified atom stereocenters. The zero-order valence-electron chi connectivity index (χ0n) is 13.5. The van der Waals surface area contributed by atoms with Crippen LogP contribution in [0.5, 0.6) is 0 Å². The normalized spacial score (nSPS) is 31.1. The fraction of sp³-hybridized carbons (Fsp3) is 1.00. The molecule has 0 radical (unpaired) electrons. The lowest BCUT2D eigenvalue weighted by Crippen LogP contribution is -2.50. The summed E-state index contributed by atoms with van der Waals surface area (Å²) in [5.74, 6) is 0. The minimum Gasteiger partial charge on any atom is -0.313 e. The van der Waals surface area contributed by atoms with E-state index in [4.69, 9.17) is 0 Å². The van der Waals surface area contributed by atoms with Gasteiger partial charge in [-0.25, -0.2) is 0 Å². The molecule has 0 amide bonds. The molecule has 3 rings (SSSR count). The highest BCUT2D eigenvalue weighted by Gasteiger charge is 2.38. The van der Waals surface area contributed by atoms with Crippen LogP contribution in [0, 0.1) is 5.41 Å². The lowest BCUT2D eigenvalue weighted by Gasteiger charge is -2.41. The highest BCUT2D eigenvalue weighted by molar-refractivity contribution is 4.94. The van der Waals surface area contributed by atoms with Crippen LogP contribution in [-0.4, -0.2) is 62.2 Å². The minimum atomic E-state index is 0.594. The van der Waals surface area contributed by atoms with E-state index in [1.807, 2.05) is 0 Å². The third-order valence-corrected chi connectivity index (χ3v) is 5.78. The molecule has 1 N–H and O–H groups in total. The lowest BCUT2D eigenvalue weighted by atomic mass is 9.84. The molecular formula is C17H33N3. The zero-order valence-corrected chi connectivity index (χ0v) is 13.5. The van der Waals surface area contributed by atoms with Crippen LogP contribution >= 0.6 is 0 Å². The van der Waals surface area contributed by atoms with E-state index in [1.165, 1.54) is 77.5 Å². The molecular weight excluding hydrogens is 246 g/mol. The van der Waals surface area contributed by atoms with Crippen molar-refractivity contribution in [3.8, 4) is 0 Å². The molecule has 0 aromatic carbocycles. The van der Waals surface area contributed by atoms with Crippen LogP contribution in [0.1, 0.15) is 51.4 Å². The van der Waals surface area contributed by atoms with Crippen molar-refractivity contribution in [2.24, 2.45) is 5.41 Å². The molecule has 0 bridgehead atoms. The van der Waals surface area contributed by atoms with Gasteiger partial charge in [-0.05, 0) is 64.6 Å². The summed E-state index contributed by atoms with van der Waals surface area (Å²) in [4.78, 5) is 5.20. The van der Waals surface area contributed by atoms with Gasteiger partial charge in [0.15, 0.2) is 0 Å². The van der Waals surface area contributed by atoms with E-state index < -0.39 is 0 Å². The quantitative estimate of drug-likeness (QED) is 0.805. The van der Waals surface area contributed by atoms with E-state index >= 15 is 0 Å². The van der Waals surface area contributed by atoms with E-state index in [9.17, 15) is 0 Å². The monoisotopic (exact) mass is 279 g/mol. The topological polar surface area (TPSA) is 18.5 Å². The minimum absolute atomic E-state index is 0.594. The Morgan fingerprint density at radius 1 is 1.10 bits per heavy atom. The summed E-state index contributed by atoms with van der Waals surface area (Å²) in [6.45, 7) is 5.24. The van der Waals surface area contributed by atoms with Gasteiger partial charge < -0.3 is 15.1 Å². The summed E-state index contributed by atoms with van der Waals surface area (Å²) in [7, 11) is 4.49. The number of likely N-dealkylation sites (tertiary alicyclic amines) is 1. The average Bonchev–Trinajstić information content (AvgIpc) is 3.17. The molecule has 1 atom stereocenters. The first-order chi connectivity index (χ1) is 9.67. The summed E-state index contributed by atoms with van der Waals surface area (Å²) in [6, 6.07) is 1.64. The summed E-state index contributed by atoms with van der Waals surface area (Å²) in [6.07, 6.45) is 11.4. The highest BCUT2D eigenvalue weighted by Crippen LogP contribution is 2.39. The van der Waals surface area contributed by atoms with Crippen LogP contribution in [0.2, 0.25) is 0 Å². The van der Waals surface area contributed by atoms with Crippen LogP contribution < -0.4 is 5.32 Å². The van der Waals surface area contributed by atoms with E-state index in [0.29, 0.717) is 5.41 Å². The van der Waals surface area contributed by atoms with E-state index in [-0.39, 0.29) is 0 Å². The smallest absolute Gasteiger partial charge is 0.0217 e. The molecule has 2 aliphatic carbocycles. The SMILES string of the molecule is CN(C)C1CCCN(CC2(CNC3CC3)CCCC2)C1. The summed E-state index contributed by atoms with van der Waals surface area (Å²) in [5.41, 5.74) is 0.594. The van der Waals surface area contributed by atoms with Crippen molar-refractivity contribution in [1.82, 2.24) is 15.1 Å². The van der Waals surface area contributed by atoms with Gasteiger partial charge in [-0.3, -0.25) is 0 Å². The van der Waals surface area contributed by atoms with Crippen molar-refractivity contribution >= 4 is 0 Å². The third kappa shape index (κ3) is 3.75. The van der Waals surface area contributed by atoms with E-state index in [0.717, 1.165) is 12.1 Å². The Labute approximate surface area is 125 Å². The van der Waals surface area contributed by atoms with Gasteiger partial charge in [0.25, 0.3) is 0 Å². The Hall–Kier alpha value is -0.120. The average molecular weight is 279 g/mol. The number of piperidine rings is 1. The first kappa shape index (κ1) is 14.8. The van der Waals surface area contributed by atoms with Crippen molar-refractivity contribution in [2.45, 2.75) is 63.5 Å². The molecule has 3 fully saturated rings. The highest BCUT2D eigenvalue weighted by atomic mass is 15.2. The van der Waals surface area contributed by atoms with Gasteiger partial charge >= 0.3 is 0 Å². The third-order valence-electron chi connectivity index (χ3n) is 5.78. The fourth-order valence-electron chi connectivity index (χ4n) is 4.23. The molecule has 20 heavy (non-hydrogen) atoms. The van der Waals surface area contributed by atoms with E-state index in [2.05, 4.69) is 29.2 Å². The molecule has 3 aliphatic rings. The van der Waals surface area contributed by atoms with Crippen molar-refractivity contribution < 1.29 is 0 Å². The number of nitrogens with one attached hydrogen (secondary N) is 1. The van der Waals surface area contributed by atoms with Crippen molar-refractivity contribution in [2.75, 3.05) is 40.3 Å². The van der Waals surface area contributed by atoms with Crippen LogP contribution in [-0.2, 0) is 0 Å². The molecule has 2 saturated carbocycles. The van der Waals surface area contributed by atoms with Gasteiger partial charge in [-0.1, -0.05) is 12.8 Å². The Morgan fingerprint density at radius 3 is 2.50 bits per heavy atom. The number of likely N-dealkylation sites (N-methyl/N-ethyl adjacent to an activating group) is 1. The second kappa shape index (κ2) is 6.33. The molecule has 1 aliphatic heterocycles. The molecule has 0 spiro atoms. The maximum atomic E-state index is 3.83. The van der Waals surface area contributed by atoms with Crippen LogP contribution in [0.4, 0.5) is 0 Å². The Balaban J connectivity index is 1.54. The van der Waals surface area contributed by atoms with Crippen molar-refractivity contribution in [3.05, 3.63) is 0 Å². The van der Waals surface area contributed by atoms with Crippen LogP contribution in [0.25, 0.3) is 0 Å². The van der Waals surface area contributed by atoms with Crippen molar-refractivity contribution in [1.29, 1.82) is 0 Å². The maximum Gasteiger partial charge on any atom is 0.0217 e. The Bertz CT molecular complexity index is 305. The van der Waals surface area contributed by atoms with E-state index in [1.54, 1.807) is 0 Å². The van der Waals surface area contributed by atoms with Crippen LogP contribution in [0.3, 0.4) is 0 Å². The summed E-state index contributed by atoms with van der Waals surface area (Å²) in [5, 5.41) is 3.83. The Kier molecular flexibility index (Phi) is 4.68. The molecule has 116 valence electrons.